The second-order valence-corrected chi connectivity index (χ2v) is 5.62. The van der Waals surface area contributed by atoms with E-state index in [4.69, 9.17) is 5.73 Å². The summed E-state index contributed by atoms with van der Waals surface area (Å²) in [5.41, 5.74) is 6.30. The van der Waals surface area contributed by atoms with Crippen molar-refractivity contribution in [2.24, 2.45) is 12.8 Å². The van der Waals surface area contributed by atoms with Gasteiger partial charge in [0.15, 0.2) is 0 Å². The van der Waals surface area contributed by atoms with Gasteiger partial charge in [-0.05, 0) is 19.9 Å². The maximum atomic E-state index is 6.06. The Morgan fingerprint density at radius 3 is 2.67 bits per heavy atom. The quantitative estimate of drug-likeness (QED) is 0.862. The Morgan fingerprint density at radius 1 is 1.39 bits per heavy atom. The van der Waals surface area contributed by atoms with Crippen molar-refractivity contribution in [1.82, 2.24) is 14.5 Å². The minimum atomic E-state index is 0.239. The average molecular weight is 250 g/mol. The highest BCUT2D eigenvalue weighted by Gasteiger charge is 2.34. The van der Waals surface area contributed by atoms with E-state index in [1.807, 2.05) is 12.4 Å². The van der Waals surface area contributed by atoms with Crippen LogP contribution in [0, 0.1) is 0 Å². The molecule has 18 heavy (non-hydrogen) atoms. The molecule has 102 valence electrons. The molecule has 2 N–H and O–H groups in total. The molecule has 1 aromatic rings. The molecule has 0 saturated heterocycles. The molecule has 0 aliphatic heterocycles. The molecule has 1 aromatic heterocycles. The van der Waals surface area contributed by atoms with Gasteiger partial charge in [0.05, 0.1) is 0 Å². The number of hydrogen-bond acceptors (Lipinski definition) is 3. The average Bonchev–Trinajstić information content (AvgIpc) is 2.82. The minimum Gasteiger partial charge on any atom is -0.338 e. The van der Waals surface area contributed by atoms with Crippen LogP contribution in [0.15, 0.2) is 12.4 Å². The zero-order chi connectivity index (χ0) is 13.0. The second-order valence-electron chi connectivity index (χ2n) is 5.62. The lowest BCUT2D eigenvalue weighted by atomic mass is 9.80. The molecule has 0 radical (unpaired) electrons. The maximum absolute atomic E-state index is 6.06. The molecule has 0 atom stereocenters. The summed E-state index contributed by atoms with van der Waals surface area (Å²) >= 11 is 0. The molecular formula is C14H26N4. The number of rotatable bonds is 5. The van der Waals surface area contributed by atoms with Crippen molar-refractivity contribution >= 4 is 0 Å². The summed E-state index contributed by atoms with van der Waals surface area (Å²) in [7, 11) is 4.28. The highest BCUT2D eigenvalue weighted by atomic mass is 15.2. The van der Waals surface area contributed by atoms with Crippen LogP contribution in [-0.2, 0) is 13.5 Å². The first-order valence-corrected chi connectivity index (χ1v) is 7.05. The molecule has 1 aliphatic rings. The van der Waals surface area contributed by atoms with Crippen molar-refractivity contribution in [3.05, 3.63) is 18.2 Å². The first-order chi connectivity index (χ1) is 8.68. The van der Waals surface area contributed by atoms with Crippen LogP contribution in [0.3, 0.4) is 0 Å². The molecule has 2 rings (SSSR count). The summed E-state index contributed by atoms with van der Waals surface area (Å²) in [4.78, 5) is 6.86. The van der Waals surface area contributed by atoms with Crippen molar-refractivity contribution in [2.45, 2.75) is 44.1 Å². The lowest BCUT2D eigenvalue weighted by molar-refractivity contribution is 0.0832. The van der Waals surface area contributed by atoms with Crippen molar-refractivity contribution < 1.29 is 0 Å². The van der Waals surface area contributed by atoms with E-state index in [-0.39, 0.29) is 5.54 Å². The van der Waals surface area contributed by atoms with Crippen LogP contribution in [0.25, 0.3) is 0 Å². The van der Waals surface area contributed by atoms with E-state index in [0.29, 0.717) is 0 Å². The molecule has 4 heteroatoms. The molecule has 0 spiro atoms. The van der Waals surface area contributed by atoms with E-state index in [2.05, 4.69) is 28.5 Å². The largest absolute Gasteiger partial charge is 0.338 e. The van der Waals surface area contributed by atoms with Crippen molar-refractivity contribution in [3.63, 3.8) is 0 Å². The Balaban J connectivity index is 1.93. The van der Waals surface area contributed by atoms with E-state index in [9.17, 15) is 0 Å². The first kappa shape index (κ1) is 13.6. The highest BCUT2D eigenvalue weighted by molar-refractivity contribution is 4.96. The summed E-state index contributed by atoms with van der Waals surface area (Å²) in [5, 5.41) is 0. The Labute approximate surface area is 110 Å². The van der Waals surface area contributed by atoms with E-state index < -0.39 is 0 Å². The van der Waals surface area contributed by atoms with Crippen molar-refractivity contribution in [2.75, 3.05) is 20.1 Å². The van der Waals surface area contributed by atoms with Crippen LogP contribution in [0.1, 0.15) is 37.9 Å². The summed E-state index contributed by atoms with van der Waals surface area (Å²) in [6, 6.07) is 0. The fourth-order valence-corrected chi connectivity index (χ4v) is 3.09. The van der Waals surface area contributed by atoms with Crippen LogP contribution in [0.5, 0.6) is 0 Å². The van der Waals surface area contributed by atoms with E-state index in [1.54, 1.807) is 0 Å². The molecule has 0 bridgehead atoms. The van der Waals surface area contributed by atoms with E-state index >= 15 is 0 Å². The normalized spacial score (nSPS) is 19.3. The Kier molecular flexibility index (Phi) is 4.40. The lowest BCUT2D eigenvalue weighted by Crippen LogP contribution is -2.53. The van der Waals surface area contributed by atoms with Crippen LogP contribution < -0.4 is 5.73 Å². The van der Waals surface area contributed by atoms with Crippen LogP contribution in [-0.4, -0.2) is 40.1 Å². The van der Waals surface area contributed by atoms with Gasteiger partial charge in [0.2, 0.25) is 0 Å². The topological polar surface area (TPSA) is 47.1 Å². The third kappa shape index (κ3) is 2.75. The Bertz CT molecular complexity index is 366. The summed E-state index contributed by atoms with van der Waals surface area (Å²) in [5.74, 6) is 1.16. The third-order valence-electron chi connectivity index (χ3n) is 4.57. The van der Waals surface area contributed by atoms with Gasteiger partial charge < -0.3 is 10.3 Å². The predicted molar refractivity (Wildman–Crippen MR) is 74.4 cm³/mol. The van der Waals surface area contributed by atoms with Gasteiger partial charge in [-0.3, -0.25) is 4.90 Å². The Morgan fingerprint density at radius 2 is 2.11 bits per heavy atom. The molecule has 1 aliphatic carbocycles. The third-order valence-corrected chi connectivity index (χ3v) is 4.57. The SMILES string of the molecule is CN(CCc1nccn1C)C1(CN)CCCCC1. The van der Waals surface area contributed by atoms with Gasteiger partial charge in [0, 0.05) is 44.5 Å². The molecule has 0 amide bonds. The van der Waals surface area contributed by atoms with Gasteiger partial charge >= 0.3 is 0 Å². The summed E-state index contributed by atoms with van der Waals surface area (Å²) in [6.45, 7) is 1.83. The summed E-state index contributed by atoms with van der Waals surface area (Å²) in [6.07, 6.45) is 11.4. The van der Waals surface area contributed by atoms with Gasteiger partial charge in [0.1, 0.15) is 5.82 Å². The predicted octanol–water partition coefficient (Wildman–Crippen LogP) is 1.56. The number of aryl methyl sites for hydroxylation is 1. The number of nitrogens with zero attached hydrogens (tertiary/aromatic N) is 3. The Hall–Kier alpha value is -0.870. The molecule has 4 nitrogen and oxygen atoms in total. The van der Waals surface area contributed by atoms with Gasteiger partial charge in [-0.25, -0.2) is 4.98 Å². The number of likely N-dealkylation sites (N-methyl/N-ethyl adjacent to an activating group) is 1. The number of imidazole rings is 1. The minimum absolute atomic E-state index is 0.239. The fraction of sp³-hybridized carbons (Fsp3) is 0.786. The number of nitrogens with two attached hydrogens (primary N) is 1. The van der Waals surface area contributed by atoms with Gasteiger partial charge in [0.25, 0.3) is 0 Å². The standard InChI is InChI=1S/C14H26N4/c1-17-11-9-16-13(17)6-10-18(2)14(12-15)7-4-3-5-8-14/h9,11H,3-8,10,12,15H2,1-2H3. The van der Waals surface area contributed by atoms with E-state index in [1.165, 1.54) is 32.1 Å². The molecule has 0 aromatic carbocycles. The highest BCUT2D eigenvalue weighted by Crippen LogP contribution is 2.32. The first-order valence-electron chi connectivity index (χ1n) is 7.05. The van der Waals surface area contributed by atoms with Gasteiger partial charge in [-0.1, -0.05) is 19.3 Å². The van der Waals surface area contributed by atoms with Crippen molar-refractivity contribution in [3.8, 4) is 0 Å². The molecule has 0 unspecified atom stereocenters. The molecule has 1 fully saturated rings. The monoisotopic (exact) mass is 250 g/mol. The van der Waals surface area contributed by atoms with Crippen LogP contribution >= 0.6 is 0 Å². The maximum Gasteiger partial charge on any atom is 0.109 e. The lowest BCUT2D eigenvalue weighted by Gasteiger charge is -2.44. The number of aromatic nitrogens is 2. The smallest absolute Gasteiger partial charge is 0.109 e. The van der Waals surface area contributed by atoms with Crippen LogP contribution in [0.4, 0.5) is 0 Å². The second kappa shape index (κ2) is 5.85. The fourth-order valence-electron chi connectivity index (χ4n) is 3.09. The molecular weight excluding hydrogens is 224 g/mol. The summed E-state index contributed by atoms with van der Waals surface area (Å²) < 4.78 is 2.10. The van der Waals surface area contributed by atoms with Gasteiger partial charge in [-0.2, -0.15) is 0 Å². The van der Waals surface area contributed by atoms with E-state index in [0.717, 1.165) is 25.3 Å². The molecule has 1 saturated carbocycles. The van der Waals surface area contributed by atoms with Crippen molar-refractivity contribution in [1.29, 1.82) is 0 Å². The van der Waals surface area contributed by atoms with Crippen LogP contribution in [0.2, 0.25) is 0 Å². The zero-order valence-corrected chi connectivity index (χ0v) is 11.7. The number of hydrogen-bond donors (Lipinski definition) is 1. The molecule has 1 heterocycles. The van der Waals surface area contributed by atoms with Gasteiger partial charge in [-0.15, -0.1) is 0 Å². The zero-order valence-electron chi connectivity index (χ0n) is 11.7.